The van der Waals surface area contributed by atoms with Gasteiger partial charge in [0.05, 0.1) is 4.90 Å². The molecule has 0 bridgehead atoms. The van der Waals surface area contributed by atoms with Crippen molar-refractivity contribution >= 4 is 21.5 Å². The second-order valence-electron chi connectivity index (χ2n) is 7.14. The van der Waals surface area contributed by atoms with Crippen molar-refractivity contribution in [2.75, 3.05) is 31.1 Å². The monoisotopic (exact) mass is 440 g/mol. The van der Waals surface area contributed by atoms with Crippen LogP contribution < -0.4 is 4.90 Å². The fraction of sp³-hybridized carbons (Fsp3) is 0.389. The van der Waals surface area contributed by atoms with E-state index in [1.165, 1.54) is 10.4 Å². The Labute approximate surface area is 171 Å². The smallest absolute Gasteiger partial charge is 0.353 e. The first-order valence-electron chi connectivity index (χ1n) is 9.19. The number of aromatic nitrogens is 4. The molecule has 4 rings (SSSR count). The molecule has 0 N–H and O–H groups in total. The quantitative estimate of drug-likeness (QED) is 0.621. The topological polar surface area (TPSA) is 83.7 Å². The Morgan fingerprint density at radius 3 is 2.33 bits per heavy atom. The SMILES string of the molecule is Cc1ccc(C)c(S(=O)(=O)N2CCN(c3ccc4nnc(C(F)(F)F)n4n3)CC2)c1. The van der Waals surface area contributed by atoms with E-state index in [4.69, 9.17) is 0 Å². The zero-order valence-corrected chi connectivity index (χ0v) is 17.1. The third-order valence-electron chi connectivity index (χ3n) is 5.03. The van der Waals surface area contributed by atoms with Gasteiger partial charge in [-0.05, 0) is 43.2 Å². The summed E-state index contributed by atoms with van der Waals surface area (Å²) in [7, 11) is -3.66. The van der Waals surface area contributed by atoms with Crippen molar-refractivity contribution in [2.24, 2.45) is 0 Å². The number of aryl methyl sites for hydroxylation is 2. The van der Waals surface area contributed by atoms with Gasteiger partial charge in [0.25, 0.3) is 5.82 Å². The van der Waals surface area contributed by atoms with Gasteiger partial charge in [-0.15, -0.1) is 15.3 Å². The number of nitrogens with zero attached hydrogens (tertiary/aromatic N) is 6. The van der Waals surface area contributed by atoms with Crippen LogP contribution in [0.2, 0.25) is 0 Å². The van der Waals surface area contributed by atoms with Gasteiger partial charge in [0.15, 0.2) is 5.65 Å². The Morgan fingerprint density at radius 1 is 0.967 bits per heavy atom. The van der Waals surface area contributed by atoms with Crippen LogP contribution >= 0.6 is 0 Å². The maximum atomic E-state index is 13.1. The number of fused-ring (bicyclic) bond motifs is 1. The minimum atomic E-state index is -4.68. The van der Waals surface area contributed by atoms with E-state index in [2.05, 4.69) is 15.3 Å². The van der Waals surface area contributed by atoms with Gasteiger partial charge >= 0.3 is 6.18 Å². The van der Waals surface area contributed by atoms with Gasteiger partial charge in [-0.25, -0.2) is 8.42 Å². The molecule has 12 heteroatoms. The zero-order valence-electron chi connectivity index (χ0n) is 16.3. The van der Waals surface area contributed by atoms with E-state index in [9.17, 15) is 21.6 Å². The first kappa shape index (κ1) is 20.5. The molecule has 1 saturated heterocycles. The Balaban J connectivity index is 1.55. The van der Waals surface area contributed by atoms with Crippen LogP contribution in [0.3, 0.4) is 0 Å². The van der Waals surface area contributed by atoms with Crippen LogP contribution in [0, 0.1) is 13.8 Å². The Morgan fingerprint density at radius 2 is 1.67 bits per heavy atom. The highest BCUT2D eigenvalue weighted by Gasteiger charge is 2.38. The molecular formula is C18H19F3N6O2S. The lowest BCUT2D eigenvalue weighted by Gasteiger charge is -2.34. The molecular weight excluding hydrogens is 421 g/mol. The summed E-state index contributed by atoms with van der Waals surface area (Å²) in [5, 5.41) is 10.7. The van der Waals surface area contributed by atoms with Crippen LogP contribution in [-0.2, 0) is 16.2 Å². The van der Waals surface area contributed by atoms with E-state index in [0.29, 0.717) is 29.0 Å². The van der Waals surface area contributed by atoms with Crippen molar-refractivity contribution in [3.8, 4) is 0 Å². The Hall–Kier alpha value is -2.73. The molecule has 0 saturated carbocycles. The number of alkyl halides is 3. The van der Waals surface area contributed by atoms with Gasteiger partial charge in [0.1, 0.15) is 5.82 Å². The first-order valence-corrected chi connectivity index (χ1v) is 10.6. The predicted octanol–water partition coefficient (Wildman–Crippen LogP) is 2.27. The summed E-state index contributed by atoms with van der Waals surface area (Å²) in [6.07, 6.45) is -4.68. The summed E-state index contributed by atoms with van der Waals surface area (Å²) in [5.41, 5.74) is 1.51. The zero-order chi connectivity index (χ0) is 21.7. The highest BCUT2D eigenvalue weighted by Crippen LogP contribution is 2.28. The van der Waals surface area contributed by atoms with Crippen molar-refractivity contribution in [1.29, 1.82) is 0 Å². The lowest BCUT2D eigenvalue weighted by atomic mass is 10.2. The number of benzene rings is 1. The number of sulfonamides is 1. The van der Waals surface area contributed by atoms with Crippen LogP contribution in [0.25, 0.3) is 5.65 Å². The molecule has 160 valence electrons. The number of hydrogen-bond donors (Lipinski definition) is 0. The van der Waals surface area contributed by atoms with E-state index >= 15 is 0 Å². The molecule has 2 aromatic heterocycles. The molecule has 0 radical (unpaired) electrons. The van der Waals surface area contributed by atoms with Crippen LogP contribution in [-0.4, -0.2) is 58.7 Å². The normalized spacial score (nSPS) is 16.4. The average Bonchev–Trinajstić information content (AvgIpc) is 3.13. The minimum absolute atomic E-state index is 0.0118. The molecule has 3 heterocycles. The number of hydrogen-bond acceptors (Lipinski definition) is 6. The van der Waals surface area contributed by atoms with Gasteiger partial charge in [-0.3, -0.25) is 0 Å². The molecule has 0 unspecified atom stereocenters. The van der Waals surface area contributed by atoms with Crippen LogP contribution in [0.15, 0.2) is 35.2 Å². The molecule has 3 aromatic rings. The molecule has 30 heavy (non-hydrogen) atoms. The minimum Gasteiger partial charge on any atom is -0.353 e. The maximum absolute atomic E-state index is 13.1. The molecule has 1 fully saturated rings. The third-order valence-corrected chi connectivity index (χ3v) is 7.07. The standard InChI is InChI=1S/C18H19F3N6O2S/c1-12-3-4-13(2)14(11-12)30(28,29)26-9-7-25(8-10-26)16-6-5-15-22-23-17(18(19,20)21)27(15)24-16/h3-6,11H,7-10H2,1-2H3. The van der Waals surface area contributed by atoms with E-state index in [1.807, 2.05) is 13.0 Å². The summed E-state index contributed by atoms with van der Waals surface area (Å²) in [5.74, 6) is -0.896. The van der Waals surface area contributed by atoms with E-state index in [0.717, 1.165) is 5.56 Å². The van der Waals surface area contributed by atoms with Gasteiger partial charge < -0.3 is 4.90 Å². The highest BCUT2D eigenvalue weighted by molar-refractivity contribution is 7.89. The van der Waals surface area contributed by atoms with Gasteiger partial charge in [0, 0.05) is 26.2 Å². The Kier molecular flexibility index (Phi) is 4.93. The van der Waals surface area contributed by atoms with Crippen molar-refractivity contribution in [1.82, 2.24) is 24.1 Å². The van der Waals surface area contributed by atoms with Crippen molar-refractivity contribution in [2.45, 2.75) is 24.9 Å². The number of piperazine rings is 1. The first-order chi connectivity index (χ1) is 14.1. The highest BCUT2D eigenvalue weighted by atomic mass is 32.2. The molecule has 1 aromatic carbocycles. The van der Waals surface area contributed by atoms with Gasteiger partial charge in [0.2, 0.25) is 10.0 Å². The number of halogens is 3. The molecule has 0 aliphatic carbocycles. The van der Waals surface area contributed by atoms with Gasteiger partial charge in [-0.2, -0.15) is 22.0 Å². The number of rotatable bonds is 3. The maximum Gasteiger partial charge on any atom is 0.453 e. The predicted molar refractivity (Wildman–Crippen MR) is 103 cm³/mol. The van der Waals surface area contributed by atoms with Crippen LogP contribution in [0.4, 0.5) is 19.0 Å². The summed E-state index contributed by atoms with van der Waals surface area (Å²) in [4.78, 5) is 2.02. The van der Waals surface area contributed by atoms with E-state index in [-0.39, 0.29) is 23.6 Å². The third kappa shape index (κ3) is 3.60. The lowest BCUT2D eigenvalue weighted by molar-refractivity contribution is -0.146. The fourth-order valence-electron chi connectivity index (χ4n) is 3.41. The molecule has 0 atom stereocenters. The fourth-order valence-corrected chi connectivity index (χ4v) is 5.14. The van der Waals surface area contributed by atoms with Crippen LogP contribution in [0.1, 0.15) is 17.0 Å². The van der Waals surface area contributed by atoms with Crippen LogP contribution in [0.5, 0.6) is 0 Å². The summed E-state index contributed by atoms with van der Waals surface area (Å²) in [6, 6.07) is 8.24. The molecule has 1 aliphatic heterocycles. The largest absolute Gasteiger partial charge is 0.453 e. The summed E-state index contributed by atoms with van der Waals surface area (Å²) < 4.78 is 67.4. The summed E-state index contributed by atoms with van der Waals surface area (Å²) in [6.45, 7) is 4.57. The van der Waals surface area contributed by atoms with Gasteiger partial charge in [-0.1, -0.05) is 12.1 Å². The lowest BCUT2D eigenvalue weighted by Crippen LogP contribution is -2.49. The molecule has 8 nitrogen and oxygen atoms in total. The molecule has 0 spiro atoms. The average molecular weight is 440 g/mol. The molecule has 0 amide bonds. The van der Waals surface area contributed by atoms with E-state index < -0.39 is 22.0 Å². The molecule has 1 aliphatic rings. The number of anilines is 1. The van der Waals surface area contributed by atoms with Crippen molar-refractivity contribution < 1.29 is 21.6 Å². The van der Waals surface area contributed by atoms with Crippen molar-refractivity contribution in [3.05, 3.63) is 47.3 Å². The summed E-state index contributed by atoms with van der Waals surface area (Å²) >= 11 is 0. The Bertz CT molecular complexity index is 1200. The second kappa shape index (κ2) is 7.20. The van der Waals surface area contributed by atoms with Crippen molar-refractivity contribution in [3.63, 3.8) is 0 Å². The second-order valence-corrected chi connectivity index (χ2v) is 9.05. The van der Waals surface area contributed by atoms with E-state index in [1.54, 1.807) is 30.0 Å².